The summed E-state index contributed by atoms with van der Waals surface area (Å²) in [6.07, 6.45) is 0.194. The number of benzene rings is 1. The summed E-state index contributed by atoms with van der Waals surface area (Å²) in [6, 6.07) is 8.19. The number of amidine groups is 1. The van der Waals surface area contributed by atoms with E-state index >= 15 is 0 Å². The molecule has 0 aliphatic carbocycles. The van der Waals surface area contributed by atoms with Gasteiger partial charge in [-0.15, -0.1) is 23.1 Å². The van der Waals surface area contributed by atoms with Crippen LogP contribution in [0.2, 0.25) is 0 Å². The second kappa shape index (κ2) is 9.75. The summed E-state index contributed by atoms with van der Waals surface area (Å²) in [5.41, 5.74) is 6.24. The van der Waals surface area contributed by atoms with E-state index in [1.165, 1.54) is 29.2 Å². The maximum absolute atomic E-state index is 13.1. The monoisotopic (exact) mass is 506 g/mol. The van der Waals surface area contributed by atoms with Gasteiger partial charge in [-0.25, -0.2) is 18.2 Å². The first-order chi connectivity index (χ1) is 14.8. The van der Waals surface area contributed by atoms with E-state index in [1.54, 1.807) is 36.8 Å². The Bertz CT molecular complexity index is 1250. The number of nitrogens with one attached hydrogen (secondary N) is 1. The van der Waals surface area contributed by atoms with E-state index in [1.807, 2.05) is 17.7 Å². The lowest BCUT2D eigenvalue weighted by molar-refractivity contribution is -0.192. The van der Waals surface area contributed by atoms with Crippen LogP contribution >= 0.6 is 23.1 Å². The van der Waals surface area contributed by atoms with Crippen LogP contribution in [0.15, 0.2) is 56.7 Å². The number of nitrogens with zero attached hydrogens (tertiary/aromatic N) is 2. The van der Waals surface area contributed by atoms with Crippen molar-refractivity contribution in [3.05, 3.63) is 47.6 Å². The first-order valence-corrected chi connectivity index (χ1v) is 12.0. The van der Waals surface area contributed by atoms with E-state index in [0.29, 0.717) is 14.9 Å². The zero-order valence-corrected chi connectivity index (χ0v) is 19.0. The van der Waals surface area contributed by atoms with Crippen molar-refractivity contribution in [3.8, 4) is 11.4 Å². The molecule has 0 radical (unpaired) electrons. The van der Waals surface area contributed by atoms with Crippen molar-refractivity contribution in [2.75, 3.05) is 6.26 Å². The number of thiophene rings is 1. The minimum atomic E-state index is -5.08. The summed E-state index contributed by atoms with van der Waals surface area (Å²) < 4.78 is 60.4. The van der Waals surface area contributed by atoms with E-state index in [4.69, 9.17) is 21.0 Å². The molecule has 32 heavy (non-hydrogen) atoms. The number of hydrogen-bond donors (Lipinski definition) is 3. The fourth-order valence-corrected chi connectivity index (χ4v) is 6.30. The zero-order valence-electron chi connectivity index (χ0n) is 16.5. The predicted molar refractivity (Wildman–Crippen MR) is 115 cm³/mol. The second-order valence-electron chi connectivity index (χ2n) is 6.08. The maximum Gasteiger partial charge on any atom is 0.490 e. The summed E-state index contributed by atoms with van der Waals surface area (Å²) >= 11 is 2.54. The number of thioether (sulfide) groups is 1. The molecular formula is C18H17F3N4O4S3. The normalized spacial score (nSPS) is 11.5. The molecule has 172 valence electrons. The van der Waals surface area contributed by atoms with Crippen molar-refractivity contribution < 1.29 is 31.5 Å². The molecule has 0 fully saturated rings. The molecule has 1 aromatic carbocycles. The minimum absolute atomic E-state index is 0.136. The Morgan fingerprint density at radius 1 is 1.31 bits per heavy atom. The summed E-state index contributed by atoms with van der Waals surface area (Å²) in [4.78, 5) is 14.0. The van der Waals surface area contributed by atoms with Gasteiger partial charge in [0.25, 0.3) is 0 Å². The first-order valence-electron chi connectivity index (χ1n) is 8.44. The smallest absolute Gasteiger partial charge is 0.475 e. The molecule has 2 aromatic heterocycles. The number of nitrogens with two attached hydrogens (primary N) is 1. The van der Waals surface area contributed by atoms with Crippen molar-refractivity contribution in [2.24, 2.45) is 12.8 Å². The summed E-state index contributed by atoms with van der Waals surface area (Å²) in [6.45, 7) is 0. The number of nitrogen functional groups attached to an aromatic ring is 1. The van der Waals surface area contributed by atoms with Gasteiger partial charge in [-0.1, -0.05) is 12.1 Å². The first kappa shape index (κ1) is 25.4. The van der Waals surface area contributed by atoms with Gasteiger partial charge in [0.15, 0.2) is 0 Å². The van der Waals surface area contributed by atoms with Crippen LogP contribution < -0.4 is 5.73 Å². The molecular weight excluding hydrogens is 489 g/mol. The van der Waals surface area contributed by atoms with Crippen molar-refractivity contribution in [1.82, 2.24) is 9.55 Å². The van der Waals surface area contributed by atoms with E-state index in [0.717, 1.165) is 5.56 Å². The highest BCUT2D eigenvalue weighted by Gasteiger charge is 2.38. The van der Waals surface area contributed by atoms with Crippen molar-refractivity contribution in [3.63, 3.8) is 0 Å². The number of rotatable bonds is 5. The molecule has 0 atom stereocenters. The summed E-state index contributed by atoms with van der Waals surface area (Å²) in [5, 5.41) is 14.7. The van der Waals surface area contributed by atoms with Gasteiger partial charge in [-0.05, 0) is 24.5 Å². The van der Waals surface area contributed by atoms with Gasteiger partial charge in [0, 0.05) is 25.0 Å². The van der Waals surface area contributed by atoms with Gasteiger partial charge >= 0.3 is 12.1 Å². The Hall–Kier alpha value is -2.84. The number of hydrogen-bond acceptors (Lipinski definition) is 7. The minimum Gasteiger partial charge on any atom is -0.475 e. The van der Waals surface area contributed by atoms with Crippen LogP contribution in [0.1, 0.15) is 4.88 Å². The Balaban J connectivity index is 0.000000451. The molecule has 0 amide bonds. The lowest BCUT2D eigenvalue weighted by Gasteiger charge is -2.07. The van der Waals surface area contributed by atoms with Crippen molar-refractivity contribution in [1.29, 1.82) is 5.41 Å². The average molecular weight is 507 g/mol. The van der Waals surface area contributed by atoms with Crippen LogP contribution in [-0.2, 0) is 21.7 Å². The van der Waals surface area contributed by atoms with Gasteiger partial charge in [-0.2, -0.15) is 13.2 Å². The highest BCUT2D eigenvalue weighted by molar-refractivity contribution is 8.01. The fraction of sp³-hybridized carbons (Fsp3) is 0.167. The van der Waals surface area contributed by atoms with Crippen LogP contribution in [0.25, 0.3) is 11.4 Å². The number of carboxylic acids is 1. The molecule has 0 aliphatic heterocycles. The second-order valence-corrected chi connectivity index (χ2v) is 10.1. The van der Waals surface area contributed by atoms with E-state index in [9.17, 15) is 21.6 Å². The third kappa shape index (κ3) is 5.69. The molecule has 14 heteroatoms. The Labute approximate surface area is 189 Å². The van der Waals surface area contributed by atoms with Gasteiger partial charge in [0.2, 0.25) is 9.84 Å². The third-order valence-corrected chi connectivity index (χ3v) is 8.21. The molecule has 2 heterocycles. The van der Waals surface area contributed by atoms with Gasteiger partial charge in [0.05, 0.1) is 18.9 Å². The van der Waals surface area contributed by atoms with E-state index in [-0.39, 0.29) is 15.6 Å². The number of alkyl halides is 3. The van der Waals surface area contributed by atoms with Crippen molar-refractivity contribution >= 4 is 44.7 Å². The molecule has 8 nitrogen and oxygen atoms in total. The molecule has 0 spiro atoms. The number of aromatic nitrogens is 2. The van der Waals surface area contributed by atoms with Crippen LogP contribution in [0.4, 0.5) is 13.2 Å². The Morgan fingerprint density at radius 2 is 1.94 bits per heavy atom. The van der Waals surface area contributed by atoms with Gasteiger partial charge in [0.1, 0.15) is 11.7 Å². The number of imidazole rings is 1. The standard InChI is InChI=1S/C16H16N4O2S3.C2HF3O2/c1-20-7-6-19-15(20)10-4-3-5-11(8-10)25(21,22)13-9-12(14(17)18)24-16(13)23-2;3-2(4,5)1(6)7/h3-9H,1-2H3,(H3,17,18);(H,6,7). The molecule has 0 saturated carbocycles. The van der Waals surface area contributed by atoms with E-state index in [2.05, 4.69) is 4.98 Å². The third-order valence-electron chi connectivity index (χ3n) is 3.87. The molecule has 3 aromatic rings. The molecule has 0 unspecified atom stereocenters. The number of halogens is 3. The van der Waals surface area contributed by atoms with Gasteiger partial charge in [-0.3, -0.25) is 5.41 Å². The van der Waals surface area contributed by atoms with Crippen molar-refractivity contribution in [2.45, 2.75) is 20.2 Å². The molecule has 3 rings (SSSR count). The van der Waals surface area contributed by atoms with Crippen LogP contribution in [-0.4, -0.2) is 47.3 Å². The maximum atomic E-state index is 13.1. The predicted octanol–water partition coefficient (Wildman–Crippen LogP) is 3.62. The topological polar surface area (TPSA) is 139 Å². The molecule has 0 saturated heterocycles. The highest BCUT2D eigenvalue weighted by atomic mass is 32.2. The summed E-state index contributed by atoms with van der Waals surface area (Å²) in [5.74, 6) is -2.20. The van der Waals surface area contributed by atoms with Gasteiger partial charge < -0.3 is 15.4 Å². The largest absolute Gasteiger partial charge is 0.490 e. The average Bonchev–Trinajstić information content (AvgIpc) is 3.34. The number of sulfone groups is 1. The summed E-state index contributed by atoms with van der Waals surface area (Å²) in [7, 11) is -1.87. The molecule has 0 aliphatic rings. The highest BCUT2D eigenvalue weighted by Crippen LogP contribution is 2.37. The lowest BCUT2D eigenvalue weighted by atomic mass is 10.2. The quantitative estimate of drug-likeness (QED) is 0.273. The molecule has 4 N–H and O–H groups in total. The lowest BCUT2D eigenvalue weighted by Crippen LogP contribution is -2.21. The Kier molecular flexibility index (Phi) is 7.74. The van der Waals surface area contributed by atoms with E-state index < -0.39 is 22.0 Å². The number of carbonyl (C=O) groups is 1. The van der Waals surface area contributed by atoms with Crippen LogP contribution in [0, 0.1) is 5.41 Å². The zero-order chi connectivity index (χ0) is 24.3. The Morgan fingerprint density at radius 3 is 2.41 bits per heavy atom. The van der Waals surface area contributed by atoms with Crippen LogP contribution in [0.5, 0.6) is 0 Å². The number of aliphatic carboxylic acids is 1. The number of aryl methyl sites for hydroxylation is 1. The SMILES string of the molecule is CSc1sc(C(=N)N)cc1S(=O)(=O)c1cccc(-c2nccn2C)c1.O=C(O)C(F)(F)F. The fourth-order valence-electron chi connectivity index (χ4n) is 2.39. The number of carboxylic acid groups (broad SMARTS) is 1. The van der Waals surface area contributed by atoms with Crippen LogP contribution in [0.3, 0.4) is 0 Å². The molecule has 0 bridgehead atoms.